The molecule has 2 fully saturated rings. The van der Waals surface area contributed by atoms with E-state index in [2.05, 4.69) is 23.6 Å². The van der Waals surface area contributed by atoms with E-state index in [4.69, 9.17) is 29.4 Å². The van der Waals surface area contributed by atoms with Crippen LogP contribution in [0.25, 0.3) is 11.0 Å². The van der Waals surface area contributed by atoms with Gasteiger partial charge in [-0.15, -0.1) is 0 Å². The van der Waals surface area contributed by atoms with Gasteiger partial charge in [-0.2, -0.15) is 9.97 Å². The average molecular weight is 505 g/mol. The van der Waals surface area contributed by atoms with Crippen molar-refractivity contribution in [2.75, 3.05) is 112 Å². The predicted octanol–water partition coefficient (Wildman–Crippen LogP) is 0.510. The molecular weight excluding hydrogens is 464 g/mol. The molecule has 2 aliphatic rings. The lowest BCUT2D eigenvalue weighted by molar-refractivity contribution is 0.122. The fraction of sp³-hybridized carbons (Fsp3) is 0.750. The van der Waals surface area contributed by atoms with Crippen LogP contribution in [0.4, 0.5) is 23.5 Å². The number of fused-ring (bicyclic) bond motifs is 1. The molecule has 2 N–H and O–H groups in total. The highest BCUT2D eigenvalue weighted by atomic mass is 16.5. The molecule has 2 aromatic rings. The summed E-state index contributed by atoms with van der Waals surface area (Å²) < 4.78 is 11.2. The van der Waals surface area contributed by atoms with Crippen molar-refractivity contribution in [2.24, 2.45) is 0 Å². The second-order valence-corrected chi connectivity index (χ2v) is 9.01. The van der Waals surface area contributed by atoms with Gasteiger partial charge in [-0.3, -0.25) is 0 Å². The van der Waals surface area contributed by atoms with Crippen LogP contribution in [0, 0.1) is 0 Å². The number of ether oxygens (including phenoxy) is 2. The molecule has 0 spiro atoms. The van der Waals surface area contributed by atoms with Gasteiger partial charge in [0.2, 0.25) is 11.9 Å². The summed E-state index contributed by atoms with van der Waals surface area (Å²) >= 11 is 0. The van der Waals surface area contributed by atoms with Gasteiger partial charge in [-0.25, -0.2) is 9.97 Å². The lowest BCUT2D eigenvalue weighted by Crippen LogP contribution is -2.39. The summed E-state index contributed by atoms with van der Waals surface area (Å²) in [6, 6.07) is 0. The van der Waals surface area contributed by atoms with Crippen molar-refractivity contribution in [1.82, 2.24) is 19.9 Å². The first-order chi connectivity index (χ1) is 17.7. The number of nitrogens with zero attached hydrogens (tertiary/aromatic N) is 8. The molecule has 0 saturated carbocycles. The van der Waals surface area contributed by atoms with Gasteiger partial charge in [0.1, 0.15) is 11.0 Å². The molecule has 0 unspecified atom stereocenters. The van der Waals surface area contributed by atoms with Crippen molar-refractivity contribution >= 4 is 34.6 Å². The quantitative estimate of drug-likeness (QED) is 0.419. The standard InChI is InChI=1S/C24H40N8O4/c1-3-5-31(7-13-33)23-25-19-20(21(27-23)29-9-15-35-16-10-29)26-24(32(6-4-2)8-14-34)28-22(19)30-11-17-36-18-12-30/h33-34H,3-18H2,1-2H3. The number of hydrogen-bond donors (Lipinski definition) is 2. The van der Waals surface area contributed by atoms with Crippen LogP contribution in [0.15, 0.2) is 0 Å². The maximum atomic E-state index is 9.72. The number of aromatic nitrogens is 4. The lowest BCUT2D eigenvalue weighted by atomic mass is 10.3. The van der Waals surface area contributed by atoms with Crippen molar-refractivity contribution in [1.29, 1.82) is 0 Å². The minimum absolute atomic E-state index is 0.0210. The molecule has 4 heterocycles. The molecule has 200 valence electrons. The maximum absolute atomic E-state index is 9.72. The van der Waals surface area contributed by atoms with Gasteiger partial charge >= 0.3 is 0 Å². The molecule has 36 heavy (non-hydrogen) atoms. The molecule has 0 amide bonds. The number of aliphatic hydroxyl groups excluding tert-OH is 2. The van der Waals surface area contributed by atoms with Crippen LogP contribution < -0.4 is 19.6 Å². The van der Waals surface area contributed by atoms with Crippen LogP contribution in [-0.2, 0) is 9.47 Å². The van der Waals surface area contributed by atoms with E-state index in [1.54, 1.807) is 0 Å². The summed E-state index contributed by atoms with van der Waals surface area (Å²) in [6.07, 6.45) is 1.82. The maximum Gasteiger partial charge on any atom is 0.228 e. The summed E-state index contributed by atoms with van der Waals surface area (Å²) in [5.41, 5.74) is 1.40. The number of rotatable bonds is 12. The van der Waals surface area contributed by atoms with Crippen LogP contribution in [-0.4, -0.2) is 122 Å². The van der Waals surface area contributed by atoms with E-state index >= 15 is 0 Å². The molecule has 0 aromatic carbocycles. The van der Waals surface area contributed by atoms with Crippen LogP contribution in [0.3, 0.4) is 0 Å². The Labute approximate surface area is 212 Å². The van der Waals surface area contributed by atoms with Crippen LogP contribution in [0.5, 0.6) is 0 Å². The molecule has 12 heteroatoms. The predicted molar refractivity (Wildman–Crippen MR) is 140 cm³/mol. The van der Waals surface area contributed by atoms with E-state index < -0.39 is 0 Å². The third-order valence-corrected chi connectivity index (χ3v) is 6.40. The van der Waals surface area contributed by atoms with Gasteiger partial charge in [0.05, 0.1) is 39.6 Å². The Hall–Kier alpha value is -2.54. The van der Waals surface area contributed by atoms with Gasteiger partial charge in [0, 0.05) is 52.4 Å². The van der Waals surface area contributed by atoms with Gasteiger partial charge in [-0.1, -0.05) is 13.8 Å². The lowest BCUT2D eigenvalue weighted by Gasteiger charge is -2.33. The highest BCUT2D eigenvalue weighted by Gasteiger charge is 2.27. The fourth-order valence-electron chi connectivity index (χ4n) is 4.64. The molecule has 2 saturated heterocycles. The summed E-state index contributed by atoms with van der Waals surface area (Å²) in [5.74, 6) is 2.67. The Morgan fingerprint density at radius 3 is 1.36 bits per heavy atom. The Bertz CT molecular complexity index is 880. The molecule has 0 radical (unpaired) electrons. The number of anilines is 4. The summed E-state index contributed by atoms with van der Waals surface area (Å²) in [7, 11) is 0. The smallest absolute Gasteiger partial charge is 0.228 e. The van der Waals surface area contributed by atoms with Crippen molar-refractivity contribution in [2.45, 2.75) is 26.7 Å². The first-order valence-electron chi connectivity index (χ1n) is 13.2. The number of morpholine rings is 2. The van der Waals surface area contributed by atoms with E-state index in [-0.39, 0.29) is 13.2 Å². The highest BCUT2D eigenvalue weighted by molar-refractivity contribution is 5.95. The third kappa shape index (κ3) is 6.05. The van der Waals surface area contributed by atoms with Crippen molar-refractivity contribution < 1.29 is 19.7 Å². The van der Waals surface area contributed by atoms with E-state index in [1.807, 2.05) is 9.80 Å². The van der Waals surface area contributed by atoms with Crippen LogP contribution in [0.2, 0.25) is 0 Å². The summed E-state index contributed by atoms with van der Waals surface area (Å²) in [5, 5.41) is 19.4. The zero-order valence-corrected chi connectivity index (χ0v) is 21.6. The second kappa shape index (κ2) is 13.1. The normalized spacial score (nSPS) is 16.6. The second-order valence-electron chi connectivity index (χ2n) is 9.01. The third-order valence-electron chi connectivity index (χ3n) is 6.40. The zero-order valence-electron chi connectivity index (χ0n) is 21.6. The SMILES string of the molecule is CCCN(CCO)c1nc(N2CCOCC2)c2nc(N(CCC)CCO)nc(N3CCOCC3)c2n1. The molecular formula is C24H40N8O4. The van der Waals surface area contributed by atoms with E-state index in [0.717, 1.165) is 37.6 Å². The highest BCUT2D eigenvalue weighted by Crippen LogP contribution is 2.33. The van der Waals surface area contributed by atoms with Crippen LogP contribution in [0.1, 0.15) is 26.7 Å². The Morgan fingerprint density at radius 1 is 0.639 bits per heavy atom. The van der Waals surface area contributed by atoms with Crippen LogP contribution >= 0.6 is 0 Å². The Morgan fingerprint density at radius 2 is 1.03 bits per heavy atom. The average Bonchev–Trinajstić information content (AvgIpc) is 2.92. The van der Waals surface area contributed by atoms with Crippen molar-refractivity contribution in [3.8, 4) is 0 Å². The first kappa shape index (κ1) is 26.5. The van der Waals surface area contributed by atoms with Gasteiger partial charge in [-0.05, 0) is 12.8 Å². The van der Waals surface area contributed by atoms with Gasteiger partial charge in [0.15, 0.2) is 11.6 Å². The van der Waals surface area contributed by atoms with Crippen molar-refractivity contribution in [3.63, 3.8) is 0 Å². The zero-order chi connectivity index (χ0) is 25.3. The van der Waals surface area contributed by atoms with Gasteiger partial charge < -0.3 is 39.3 Å². The molecule has 0 atom stereocenters. The molecule has 12 nitrogen and oxygen atoms in total. The van der Waals surface area contributed by atoms with E-state index in [9.17, 15) is 10.2 Å². The Balaban J connectivity index is 1.94. The molecule has 0 aliphatic carbocycles. The summed E-state index contributed by atoms with van der Waals surface area (Å²) in [6.45, 7) is 12.0. The summed E-state index contributed by atoms with van der Waals surface area (Å²) in [4.78, 5) is 28.5. The molecule has 4 rings (SSSR count). The topological polar surface area (TPSA) is 123 Å². The molecule has 0 bridgehead atoms. The van der Waals surface area contributed by atoms with E-state index in [1.165, 1.54) is 0 Å². The number of hydrogen-bond acceptors (Lipinski definition) is 12. The minimum Gasteiger partial charge on any atom is -0.395 e. The van der Waals surface area contributed by atoms with Gasteiger partial charge in [0.25, 0.3) is 0 Å². The molecule has 2 aliphatic heterocycles. The Kier molecular flexibility index (Phi) is 9.67. The monoisotopic (exact) mass is 504 g/mol. The molecule has 2 aromatic heterocycles. The largest absolute Gasteiger partial charge is 0.395 e. The minimum atomic E-state index is 0.0210. The van der Waals surface area contributed by atoms with Crippen molar-refractivity contribution in [3.05, 3.63) is 0 Å². The van der Waals surface area contributed by atoms with E-state index in [0.29, 0.717) is 88.6 Å². The fourth-order valence-corrected chi connectivity index (χ4v) is 4.64. The number of aliphatic hydroxyl groups is 2. The first-order valence-corrected chi connectivity index (χ1v) is 13.2.